The second-order valence-electron chi connectivity index (χ2n) is 5.36. The van der Waals surface area contributed by atoms with Gasteiger partial charge in [0.1, 0.15) is 11.6 Å². The molecule has 2 aromatic rings. The van der Waals surface area contributed by atoms with Gasteiger partial charge in [0.05, 0.1) is 25.1 Å². The van der Waals surface area contributed by atoms with E-state index in [9.17, 15) is 13.6 Å². The van der Waals surface area contributed by atoms with Crippen molar-refractivity contribution in [2.45, 2.75) is 6.61 Å². The maximum absolute atomic E-state index is 12.2. The fraction of sp³-hybridized carbons (Fsp3) is 0.294. The van der Waals surface area contributed by atoms with Crippen molar-refractivity contribution in [3.05, 3.63) is 48.2 Å². The van der Waals surface area contributed by atoms with Gasteiger partial charge in [-0.05, 0) is 36.4 Å². The molecule has 1 aliphatic heterocycles. The molecule has 6 nitrogen and oxygen atoms in total. The number of ether oxygens (including phenoxy) is 2. The highest BCUT2D eigenvalue weighted by Crippen LogP contribution is 2.18. The number of carbonyl (C=O) groups is 1. The third-order valence-electron chi connectivity index (χ3n) is 3.68. The molecule has 1 saturated heterocycles. The first kappa shape index (κ1) is 17.1. The number of pyridine rings is 1. The first-order chi connectivity index (χ1) is 12.1. The van der Waals surface area contributed by atoms with Crippen molar-refractivity contribution in [1.29, 1.82) is 0 Å². The number of rotatable bonds is 5. The molecule has 3 rings (SSSR count). The van der Waals surface area contributed by atoms with Crippen LogP contribution in [0.1, 0.15) is 10.4 Å². The number of nitrogens with zero attached hydrogens (tertiary/aromatic N) is 2. The van der Waals surface area contributed by atoms with Crippen LogP contribution in [0.15, 0.2) is 42.6 Å². The van der Waals surface area contributed by atoms with Gasteiger partial charge in [-0.25, -0.2) is 4.98 Å². The van der Waals surface area contributed by atoms with E-state index in [0.717, 1.165) is 18.9 Å². The van der Waals surface area contributed by atoms with Crippen LogP contribution in [0.2, 0.25) is 0 Å². The van der Waals surface area contributed by atoms with E-state index in [1.54, 1.807) is 12.3 Å². The summed E-state index contributed by atoms with van der Waals surface area (Å²) in [6, 6.07) is 9.08. The van der Waals surface area contributed by atoms with Gasteiger partial charge in [-0.2, -0.15) is 8.78 Å². The Kier molecular flexibility index (Phi) is 5.39. The lowest BCUT2D eigenvalue weighted by Gasteiger charge is -2.27. The Morgan fingerprint density at radius 1 is 1.16 bits per heavy atom. The highest BCUT2D eigenvalue weighted by molar-refractivity contribution is 6.04. The number of halogens is 2. The van der Waals surface area contributed by atoms with E-state index < -0.39 is 6.61 Å². The van der Waals surface area contributed by atoms with Gasteiger partial charge < -0.3 is 19.7 Å². The van der Waals surface area contributed by atoms with Crippen LogP contribution < -0.4 is 15.0 Å². The number of carbonyl (C=O) groups excluding carboxylic acids is 1. The highest BCUT2D eigenvalue weighted by Gasteiger charge is 2.13. The minimum atomic E-state index is -2.89. The molecule has 0 unspecified atom stereocenters. The van der Waals surface area contributed by atoms with E-state index in [-0.39, 0.29) is 11.7 Å². The quantitative estimate of drug-likeness (QED) is 0.899. The van der Waals surface area contributed by atoms with Crippen LogP contribution in [-0.4, -0.2) is 43.8 Å². The number of alkyl halides is 2. The summed E-state index contributed by atoms with van der Waals surface area (Å²) < 4.78 is 33.8. The first-order valence-electron chi connectivity index (χ1n) is 7.77. The lowest BCUT2D eigenvalue weighted by atomic mass is 10.2. The lowest BCUT2D eigenvalue weighted by Crippen LogP contribution is -2.36. The Bertz CT molecular complexity index is 702. The summed E-state index contributed by atoms with van der Waals surface area (Å²) in [5, 5.41) is 2.71. The summed E-state index contributed by atoms with van der Waals surface area (Å²) in [7, 11) is 0. The first-order valence-corrected chi connectivity index (χ1v) is 7.77. The smallest absolute Gasteiger partial charge is 0.387 e. The van der Waals surface area contributed by atoms with Crippen molar-refractivity contribution in [1.82, 2.24) is 4.98 Å². The van der Waals surface area contributed by atoms with E-state index in [1.807, 2.05) is 6.07 Å². The van der Waals surface area contributed by atoms with E-state index >= 15 is 0 Å². The van der Waals surface area contributed by atoms with Gasteiger partial charge >= 0.3 is 6.61 Å². The number of nitrogens with one attached hydrogen (secondary N) is 1. The van der Waals surface area contributed by atoms with E-state index in [0.29, 0.717) is 24.5 Å². The van der Waals surface area contributed by atoms with Gasteiger partial charge in [0, 0.05) is 18.7 Å². The normalized spacial score (nSPS) is 14.4. The Morgan fingerprint density at radius 3 is 2.48 bits per heavy atom. The van der Waals surface area contributed by atoms with Gasteiger partial charge in [-0.1, -0.05) is 0 Å². The third-order valence-corrected chi connectivity index (χ3v) is 3.68. The number of amides is 1. The molecule has 1 aromatic heterocycles. The van der Waals surface area contributed by atoms with Crippen LogP contribution in [-0.2, 0) is 4.74 Å². The second kappa shape index (κ2) is 7.89. The minimum absolute atomic E-state index is 0.00285. The highest BCUT2D eigenvalue weighted by atomic mass is 19.3. The molecule has 0 atom stereocenters. The summed E-state index contributed by atoms with van der Waals surface area (Å²) in [5.74, 6) is 0.474. The number of anilines is 2. The van der Waals surface area contributed by atoms with E-state index in [1.165, 1.54) is 24.3 Å². The zero-order chi connectivity index (χ0) is 17.6. The molecule has 1 N–H and O–H groups in total. The molecule has 0 saturated carbocycles. The number of hydrogen-bond acceptors (Lipinski definition) is 5. The van der Waals surface area contributed by atoms with Crippen LogP contribution in [0.5, 0.6) is 5.75 Å². The van der Waals surface area contributed by atoms with Gasteiger partial charge in [-0.15, -0.1) is 0 Å². The van der Waals surface area contributed by atoms with Crippen molar-refractivity contribution in [3.63, 3.8) is 0 Å². The van der Waals surface area contributed by atoms with Crippen LogP contribution in [0, 0.1) is 0 Å². The molecule has 0 spiro atoms. The average molecular weight is 349 g/mol. The van der Waals surface area contributed by atoms with Crippen molar-refractivity contribution in [3.8, 4) is 5.75 Å². The molecule has 0 aliphatic carbocycles. The summed E-state index contributed by atoms with van der Waals surface area (Å²) in [6.07, 6.45) is 1.58. The Hall–Kier alpha value is -2.74. The van der Waals surface area contributed by atoms with Crippen LogP contribution in [0.4, 0.5) is 20.3 Å². The molecule has 1 amide bonds. The predicted molar refractivity (Wildman–Crippen MR) is 88.3 cm³/mol. The molecule has 1 fully saturated rings. The van der Waals surface area contributed by atoms with Gasteiger partial charge in [0.15, 0.2) is 0 Å². The molecular weight excluding hydrogens is 332 g/mol. The summed E-state index contributed by atoms with van der Waals surface area (Å²) >= 11 is 0. The van der Waals surface area contributed by atoms with E-state index in [2.05, 4.69) is 19.9 Å². The molecule has 25 heavy (non-hydrogen) atoms. The Balaban J connectivity index is 1.60. The van der Waals surface area contributed by atoms with Crippen molar-refractivity contribution < 1.29 is 23.0 Å². The molecule has 1 aromatic carbocycles. The Labute approximate surface area is 143 Å². The monoisotopic (exact) mass is 349 g/mol. The molecule has 2 heterocycles. The fourth-order valence-corrected chi connectivity index (χ4v) is 2.43. The molecule has 132 valence electrons. The zero-order valence-electron chi connectivity index (χ0n) is 13.3. The fourth-order valence-electron chi connectivity index (χ4n) is 2.43. The number of hydrogen-bond donors (Lipinski definition) is 1. The largest absolute Gasteiger partial charge is 0.435 e. The predicted octanol–water partition coefficient (Wildman–Crippen LogP) is 2.77. The van der Waals surface area contributed by atoms with Gasteiger partial charge in [-0.3, -0.25) is 4.79 Å². The summed E-state index contributed by atoms with van der Waals surface area (Å²) in [5.41, 5.74) is 0.883. The summed E-state index contributed by atoms with van der Waals surface area (Å²) in [6.45, 7) is 0.0182. The lowest BCUT2D eigenvalue weighted by molar-refractivity contribution is -0.0498. The zero-order valence-corrected chi connectivity index (χ0v) is 13.3. The number of aromatic nitrogens is 1. The van der Waals surface area contributed by atoms with Crippen molar-refractivity contribution in [2.75, 3.05) is 36.5 Å². The number of benzene rings is 1. The Morgan fingerprint density at radius 2 is 1.88 bits per heavy atom. The van der Waals surface area contributed by atoms with Crippen LogP contribution in [0.25, 0.3) is 0 Å². The molecule has 1 aliphatic rings. The second-order valence-corrected chi connectivity index (χ2v) is 5.36. The average Bonchev–Trinajstić information content (AvgIpc) is 2.63. The summed E-state index contributed by atoms with van der Waals surface area (Å²) in [4.78, 5) is 18.6. The number of morpholine rings is 1. The molecular formula is C17H17F2N3O3. The standard InChI is InChI=1S/C17H17F2N3O3/c18-17(19)25-14-4-1-12(2-5-14)16(23)21-13-3-6-15(20-11-13)22-7-9-24-10-8-22/h1-6,11,17H,7-10H2,(H,21,23). The maximum atomic E-state index is 12.2. The van der Waals surface area contributed by atoms with Crippen LogP contribution >= 0.6 is 0 Å². The third kappa shape index (κ3) is 4.63. The SMILES string of the molecule is O=C(Nc1ccc(N2CCOCC2)nc1)c1ccc(OC(F)F)cc1. The van der Waals surface area contributed by atoms with Crippen molar-refractivity contribution >= 4 is 17.4 Å². The molecule has 0 radical (unpaired) electrons. The van der Waals surface area contributed by atoms with Gasteiger partial charge in [0.25, 0.3) is 5.91 Å². The van der Waals surface area contributed by atoms with E-state index in [4.69, 9.17) is 4.74 Å². The van der Waals surface area contributed by atoms with Crippen molar-refractivity contribution in [2.24, 2.45) is 0 Å². The molecule has 0 bridgehead atoms. The molecule has 8 heteroatoms. The maximum Gasteiger partial charge on any atom is 0.387 e. The minimum Gasteiger partial charge on any atom is -0.435 e. The van der Waals surface area contributed by atoms with Gasteiger partial charge in [0.2, 0.25) is 0 Å². The topological polar surface area (TPSA) is 63.7 Å². The van der Waals surface area contributed by atoms with Crippen LogP contribution in [0.3, 0.4) is 0 Å².